The molecule has 3 rings (SSSR count). The molecule has 0 aliphatic carbocycles. The maximum atomic E-state index is 12.9. The number of fused-ring (bicyclic) bond motifs is 1. The van der Waals surface area contributed by atoms with Crippen molar-refractivity contribution in [2.75, 3.05) is 19.8 Å². The van der Waals surface area contributed by atoms with Crippen molar-refractivity contribution in [2.24, 2.45) is 5.92 Å². The van der Waals surface area contributed by atoms with E-state index in [0.29, 0.717) is 53.3 Å². The molecule has 0 spiro atoms. The number of hydrogen-bond donors (Lipinski definition) is 2. The number of ether oxygens (including phenoxy) is 1. The summed E-state index contributed by atoms with van der Waals surface area (Å²) in [6, 6.07) is 15.0. The van der Waals surface area contributed by atoms with Crippen LogP contribution in [0.15, 0.2) is 53.3 Å². The molecule has 3 aromatic rings. The number of aromatic nitrogens is 2. The Morgan fingerprint density at radius 2 is 1.97 bits per heavy atom. The van der Waals surface area contributed by atoms with Crippen LogP contribution in [-0.4, -0.2) is 35.2 Å². The summed E-state index contributed by atoms with van der Waals surface area (Å²) in [5, 5.41) is 3.40. The fourth-order valence-corrected chi connectivity index (χ4v) is 3.57. The van der Waals surface area contributed by atoms with Gasteiger partial charge >= 0.3 is 0 Å². The van der Waals surface area contributed by atoms with Crippen molar-refractivity contribution in [3.8, 4) is 0 Å². The van der Waals surface area contributed by atoms with Crippen LogP contribution >= 0.6 is 12.2 Å². The number of rotatable bonds is 10. The number of nitrogens with zero attached hydrogens (tertiary/aromatic N) is 1. The molecule has 1 heterocycles. The zero-order valence-corrected chi connectivity index (χ0v) is 18.8. The lowest BCUT2D eigenvalue weighted by atomic mass is 10.1. The highest BCUT2D eigenvalue weighted by atomic mass is 32.1. The molecule has 0 saturated heterocycles. The van der Waals surface area contributed by atoms with E-state index < -0.39 is 0 Å². The van der Waals surface area contributed by atoms with Crippen molar-refractivity contribution in [1.29, 1.82) is 0 Å². The van der Waals surface area contributed by atoms with Crippen molar-refractivity contribution in [3.05, 3.63) is 74.8 Å². The Labute approximate surface area is 187 Å². The van der Waals surface area contributed by atoms with E-state index in [0.717, 1.165) is 18.6 Å². The number of carbonyl (C=O) groups excluding carboxylic acids is 1. The van der Waals surface area contributed by atoms with Gasteiger partial charge in [-0.1, -0.05) is 44.2 Å². The average molecular weight is 440 g/mol. The lowest BCUT2D eigenvalue weighted by Gasteiger charge is -2.10. The van der Waals surface area contributed by atoms with Gasteiger partial charge in [0.25, 0.3) is 11.5 Å². The summed E-state index contributed by atoms with van der Waals surface area (Å²) in [6.07, 6.45) is 1.46. The van der Waals surface area contributed by atoms with Crippen LogP contribution in [0.25, 0.3) is 10.9 Å². The van der Waals surface area contributed by atoms with Crippen LogP contribution in [0, 0.1) is 10.7 Å². The SMILES string of the molecule is CC(C)COCCCNC(=O)c1ccc2c(=O)n(CCc3ccccc3)c(=S)[nH]c2c1. The Bertz CT molecular complexity index is 1140. The van der Waals surface area contributed by atoms with Crippen LogP contribution in [0.3, 0.4) is 0 Å². The number of aryl methyl sites for hydroxylation is 1. The lowest BCUT2D eigenvalue weighted by Crippen LogP contribution is -2.26. The molecule has 0 bridgehead atoms. The zero-order valence-electron chi connectivity index (χ0n) is 18.0. The maximum absolute atomic E-state index is 12.9. The van der Waals surface area contributed by atoms with Gasteiger partial charge in [-0.2, -0.15) is 0 Å². The van der Waals surface area contributed by atoms with E-state index in [4.69, 9.17) is 17.0 Å². The Morgan fingerprint density at radius 1 is 1.19 bits per heavy atom. The van der Waals surface area contributed by atoms with Gasteiger partial charge in [-0.15, -0.1) is 0 Å². The van der Waals surface area contributed by atoms with Gasteiger partial charge in [0, 0.05) is 31.9 Å². The molecule has 0 atom stereocenters. The van der Waals surface area contributed by atoms with Crippen LogP contribution in [0.4, 0.5) is 0 Å². The molecule has 0 aliphatic heterocycles. The first kappa shape index (κ1) is 22.9. The highest BCUT2D eigenvalue weighted by Crippen LogP contribution is 2.11. The molecule has 0 aliphatic rings. The predicted octanol–water partition coefficient (Wildman–Crippen LogP) is 4.09. The number of nitrogens with one attached hydrogen (secondary N) is 2. The summed E-state index contributed by atoms with van der Waals surface area (Å²) in [4.78, 5) is 28.5. The third-order valence-electron chi connectivity index (χ3n) is 4.91. The lowest BCUT2D eigenvalue weighted by molar-refractivity contribution is 0.0925. The number of H-pyrrole nitrogens is 1. The predicted molar refractivity (Wildman–Crippen MR) is 126 cm³/mol. The van der Waals surface area contributed by atoms with Gasteiger partial charge in [-0.3, -0.25) is 14.2 Å². The minimum absolute atomic E-state index is 0.149. The summed E-state index contributed by atoms with van der Waals surface area (Å²) in [6.45, 7) is 6.57. The molecule has 2 aromatic carbocycles. The van der Waals surface area contributed by atoms with E-state index in [1.807, 2.05) is 30.3 Å². The van der Waals surface area contributed by atoms with E-state index in [2.05, 4.69) is 24.1 Å². The third kappa shape index (κ3) is 6.35. The van der Waals surface area contributed by atoms with Gasteiger partial charge in [0.1, 0.15) is 0 Å². The molecule has 1 amide bonds. The van der Waals surface area contributed by atoms with Crippen molar-refractivity contribution in [2.45, 2.75) is 33.2 Å². The van der Waals surface area contributed by atoms with Crippen LogP contribution in [0.2, 0.25) is 0 Å². The molecule has 0 radical (unpaired) electrons. The van der Waals surface area contributed by atoms with Crippen LogP contribution in [0.5, 0.6) is 0 Å². The van der Waals surface area contributed by atoms with Gasteiger partial charge in [-0.25, -0.2) is 0 Å². The van der Waals surface area contributed by atoms with E-state index in [1.165, 1.54) is 0 Å². The third-order valence-corrected chi connectivity index (χ3v) is 5.24. The molecule has 0 fully saturated rings. The Kier molecular flexibility index (Phi) is 8.14. The number of benzene rings is 2. The first-order chi connectivity index (χ1) is 15.0. The first-order valence-electron chi connectivity index (χ1n) is 10.6. The summed E-state index contributed by atoms with van der Waals surface area (Å²) < 4.78 is 7.45. The standard InChI is InChI=1S/C24H29N3O3S/c1-17(2)16-30-14-6-12-25-22(28)19-9-10-20-21(15-19)26-24(31)27(23(20)29)13-11-18-7-4-3-5-8-18/h3-5,7-10,15,17H,6,11-14,16H2,1-2H3,(H,25,28)(H,26,31). The van der Waals surface area contributed by atoms with Gasteiger partial charge in [0.2, 0.25) is 0 Å². The fraction of sp³-hybridized carbons (Fsp3) is 0.375. The minimum Gasteiger partial charge on any atom is -0.381 e. The van der Waals surface area contributed by atoms with Crippen LogP contribution in [0.1, 0.15) is 36.2 Å². The molecule has 2 N–H and O–H groups in total. The highest BCUT2D eigenvalue weighted by molar-refractivity contribution is 7.71. The second-order valence-corrected chi connectivity index (χ2v) is 8.35. The van der Waals surface area contributed by atoms with Crippen molar-refractivity contribution < 1.29 is 9.53 Å². The van der Waals surface area contributed by atoms with Crippen LogP contribution in [-0.2, 0) is 17.7 Å². The van der Waals surface area contributed by atoms with E-state index in [-0.39, 0.29) is 11.5 Å². The van der Waals surface area contributed by atoms with Crippen LogP contribution < -0.4 is 10.9 Å². The van der Waals surface area contributed by atoms with Gasteiger partial charge in [0.05, 0.1) is 10.9 Å². The molecule has 31 heavy (non-hydrogen) atoms. The Hall–Kier alpha value is -2.77. The summed E-state index contributed by atoms with van der Waals surface area (Å²) in [5.41, 5.74) is 2.05. The number of carbonyl (C=O) groups is 1. The second kappa shape index (κ2) is 11.0. The Balaban J connectivity index is 1.66. The summed E-state index contributed by atoms with van der Waals surface area (Å²) in [5.74, 6) is 0.318. The van der Waals surface area contributed by atoms with Crippen molar-refractivity contribution >= 4 is 29.0 Å². The first-order valence-corrected chi connectivity index (χ1v) is 11.0. The fourth-order valence-electron chi connectivity index (χ4n) is 3.28. The van der Waals surface area contributed by atoms with E-state index >= 15 is 0 Å². The molecular formula is C24H29N3O3S. The normalized spacial score (nSPS) is 11.2. The highest BCUT2D eigenvalue weighted by Gasteiger charge is 2.10. The van der Waals surface area contributed by atoms with Gasteiger partial charge in [0.15, 0.2) is 4.77 Å². The minimum atomic E-state index is -0.182. The average Bonchev–Trinajstić information content (AvgIpc) is 2.76. The zero-order chi connectivity index (χ0) is 22.2. The summed E-state index contributed by atoms with van der Waals surface area (Å²) >= 11 is 5.41. The molecule has 6 nitrogen and oxygen atoms in total. The smallest absolute Gasteiger partial charge is 0.262 e. The monoisotopic (exact) mass is 439 g/mol. The molecule has 1 aromatic heterocycles. The largest absolute Gasteiger partial charge is 0.381 e. The van der Waals surface area contributed by atoms with Crippen molar-refractivity contribution in [3.63, 3.8) is 0 Å². The number of amides is 1. The van der Waals surface area contributed by atoms with Gasteiger partial charge in [-0.05, 0) is 54.7 Å². The van der Waals surface area contributed by atoms with E-state index in [9.17, 15) is 9.59 Å². The number of aromatic amines is 1. The topological polar surface area (TPSA) is 76.1 Å². The maximum Gasteiger partial charge on any atom is 0.262 e. The van der Waals surface area contributed by atoms with Crippen molar-refractivity contribution in [1.82, 2.24) is 14.9 Å². The van der Waals surface area contributed by atoms with Gasteiger partial charge < -0.3 is 15.0 Å². The second-order valence-electron chi connectivity index (χ2n) is 7.96. The van der Waals surface area contributed by atoms with E-state index in [1.54, 1.807) is 22.8 Å². The summed E-state index contributed by atoms with van der Waals surface area (Å²) in [7, 11) is 0. The molecule has 0 saturated carbocycles. The molecule has 0 unspecified atom stereocenters. The molecular weight excluding hydrogens is 410 g/mol. The Morgan fingerprint density at radius 3 is 2.71 bits per heavy atom. The molecule has 164 valence electrons. The molecule has 7 heteroatoms. The quantitative estimate of drug-likeness (QED) is 0.368. The number of hydrogen-bond acceptors (Lipinski definition) is 4.